The number of aliphatic hydroxyl groups is 1. The molecule has 1 aliphatic heterocycles. The highest BCUT2D eigenvalue weighted by Gasteiger charge is 2.16. The normalized spacial score (nSPS) is 13.2. The number of fused-ring (bicyclic) bond motifs is 1. The molecule has 6 heteroatoms. The van der Waals surface area contributed by atoms with Crippen molar-refractivity contribution in [1.82, 2.24) is 5.32 Å². The van der Waals surface area contributed by atoms with Crippen molar-refractivity contribution in [2.75, 3.05) is 5.32 Å². The molecule has 1 heterocycles. The molecule has 0 fully saturated rings. The van der Waals surface area contributed by atoms with Crippen LogP contribution in [0.5, 0.6) is 0 Å². The zero-order valence-corrected chi connectivity index (χ0v) is 12.9. The number of carbonyl (C=O) groups excluding carboxylic acids is 2. The Hall–Kier alpha value is -2.73. The molecule has 0 unspecified atom stereocenters. The van der Waals surface area contributed by atoms with Crippen molar-refractivity contribution in [2.24, 2.45) is 0 Å². The monoisotopic (exact) mass is 328 g/mol. The SMILES string of the molecule is O=C1CCc2cc(C(=O)NCc3ccc(F)c(CO)c3)ccc2N1. The second kappa shape index (κ2) is 6.80. The van der Waals surface area contributed by atoms with Crippen LogP contribution in [0, 0.1) is 5.82 Å². The molecule has 5 nitrogen and oxygen atoms in total. The summed E-state index contributed by atoms with van der Waals surface area (Å²) in [6.07, 6.45) is 1.03. The number of amides is 2. The van der Waals surface area contributed by atoms with Crippen LogP contribution in [0.3, 0.4) is 0 Å². The van der Waals surface area contributed by atoms with Gasteiger partial charge in [-0.05, 0) is 47.9 Å². The quantitative estimate of drug-likeness (QED) is 0.804. The Morgan fingerprint density at radius 2 is 2.04 bits per heavy atom. The van der Waals surface area contributed by atoms with Gasteiger partial charge in [-0.3, -0.25) is 9.59 Å². The second-order valence-electron chi connectivity index (χ2n) is 5.69. The molecule has 3 rings (SSSR count). The van der Waals surface area contributed by atoms with E-state index < -0.39 is 5.82 Å². The molecule has 2 aromatic carbocycles. The van der Waals surface area contributed by atoms with Crippen LogP contribution in [0.4, 0.5) is 10.1 Å². The topological polar surface area (TPSA) is 78.4 Å². The largest absolute Gasteiger partial charge is 0.392 e. The van der Waals surface area contributed by atoms with E-state index in [9.17, 15) is 14.0 Å². The summed E-state index contributed by atoms with van der Waals surface area (Å²) in [4.78, 5) is 23.6. The highest BCUT2D eigenvalue weighted by Crippen LogP contribution is 2.23. The van der Waals surface area contributed by atoms with Crippen LogP contribution in [0.2, 0.25) is 0 Å². The lowest BCUT2D eigenvalue weighted by Crippen LogP contribution is -2.24. The highest BCUT2D eigenvalue weighted by molar-refractivity contribution is 5.97. The molecule has 0 spiro atoms. The molecule has 2 amide bonds. The standard InChI is InChI=1S/C18H17FN2O3/c19-15-4-1-11(7-14(15)10-22)9-20-18(24)13-2-5-16-12(8-13)3-6-17(23)21-16/h1-2,4-5,7-8,22H,3,6,9-10H2,(H,20,24)(H,21,23). The maximum atomic E-state index is 13.3. The molecule has 0 saturated heterocycles. The third-order valence-electron chi connectivity index (χ3n) is 4.00. The first-order valence-electron chi connectivity index (χ1n) is 7.66. The summed E-state index contributed by atoms with van der Waals surface area (Å²) in [6, 6.07) is 9.52. The smallest absolute Gasteiger partial charge is 0.251 e. The summed E-state index contributed by atoms with van der Waals surface area (Å²) in [5.41, 5.74) is 3.10. The fourth-order valence-corrected chi connectivity index (χ4v) is 2.67. The summed E-state index contributed by atoms with van der Waals surface area (Å²) in [5.74, 6) is -0.732. The molecule has 3 N–H and O–H groups in total. The number of carbonyl (C=O) groups is 2. The van der Waals surface area contributed by atoms with Crippen molar-refractivity contribution in [3.05, 3.63) is 64.5 Å². The number of aliphatic hydroxyl groups excluding tert-OH is 1. The second-order valence-corrected chi connectivity index (χ2v) is 5.69. The maximum absolute atomic E-state index is 13.3. The van der Waals surface area contributed by atoms with Gasteiger partial charge in [0.25, 0.3) is 5.91 Å². The minimum absolute atomic E-state index is 0.0179. The predicted octanol–water partition coefficient (Wildman–Crippen LogP) is 2.13. The lowest BCUT2D eigenvalue weighted by Gasteiger charge is -2.17. The third-order valence-corrected chi connectivity index (χ3v) is 4.00. The van der Waals surface area contributed by atoms with E-state index in [1.807, 2.05) is 0 Å². The summed E-state index contributed by atoms with van der Waals surface area (Å²) in [7, 11) is 0. The summed E-state index contributed by atoms with van der Waals surface area (Å²) in [6.45, 7) is -0.149. The Labute approximate surface area is 138 Å². The molecule has 24 heavy (non-hydrogen) atoms. The molecular weight excluding hydrogens is 311 g/mol. The number of aryl methyl sites for hydroxylation is 1. The first-order valence-corrected chi connectivity index (χ1v) is 7.66. The number of rotatable bonds is 4. The first-order chi connectivity index (χ1) is 11.6. The molecular formula is C18H17FN2O3. The minimum atomic E-state index is -0.468. The van der Waals surface area contributed by atoms with Gasteiger partial charge < -0.3 is 15.7 Å². The van der Waals surface area contributed by atoms with Crippen LogP contribution in [-0.4, -0.2) is 16.9 Å². The van der Waals surface area contributed by atoms with Crippen molar-refractivity contribution in [3.63, 3.8) is 0 Å². The number of anilines is 1. The summed E-state index contributed by atoms with van der Waals surface area (Å²) in [5, 5.41) is 14.6. The maximum Gasteiger partial charge on any atom is 0.251 e. The van der Waals surface area contributed by atoms with E-state index in [0.717, 1.165) is 11.3 Å². The van der Waals surface area contributed by atoms with Crippen LogP contribution in [0.25, 0.3) is 0 Å². The van der Waals surface area contributed by atoms with Crippen LogP contribution >= 0.6 is 0 Å². The van der Waals surface area contributed by atoms with E-state index in [1.165, 1.54) is 12.1 Å². The molecule has 0 saturated carbocycles. The average Bonchev–Trinajstić information content (AvgIpc) is 2.60. The zero-order chi connectivity index (χ0) is 17.1. The Morgan fingerprint density at radius 1 is 1.21 bits per heavy atom. The first kappa shape index (κ1) is 16.1. The van der Waals surface area contributed by atoms with Crippen LogP contribution < -0.4 is 10.6 Å². The molecule has 2 aromatic rings. The van der Waals surface area contributed by atoms with Crippen LogP contribution in [0.1, 0.15) is 33.5 Å². The lowest BCUT2D eigenvalue weighted by atomic mass is 10.00. The van der Waals surface area contributed by atoms with Gasteiger partial charge in [0.1, 0.15) is 5.82 Å². The van der Waals surface area contributed by atoms with Gasteiger partial charge in [0.2, 0.25) is 5.91 Å². The Bertz CT molecular complexity index is 805. The van der Waals surface area contributed by atoms with E-state index in [1.54, 1.807) is 24.3 Å². The number of hydrogen-bond acceptors (Lipinski definition) is 3. The molecule has 1 aliphatic rings. The molecule has 0 aromatic heterocycles. The van der Waals surface area contributed by atoms with Crippen molar-refractivity contribution < 1.29 is 19.1 Å². The molecule has 0 radical (unpaired) electrons. The van der Waals surface area contributed by atoms with E-state index in [2.05, 4.69) is 10.6 Å². The highest BCUT2D eigenvalue weighted by atomic mass is 19.1. The molecule has 0 bridgehead atoms. The van der Waals surface area contributed by atoms with Gasteiger partial charge in [0.15, 0.2) is 0 Å². The lowest BCUT2D eigenvalue weighted by molar-refractivity contribution is -0.116. The molecule has 124 valence electrons. The molecule has 0 aliphatic carbocycles. The van der Waals surface area contributed by atoms with Gasteiger partial charge in [0.05, 0.1) is 6.61 Å². The number of hydrogen-bond donors (Lipinski definition) is 3. The van der Waals surface area contributed by atoms with E-state index in [-0.39, 0.29) is 30.5 Å². The van der Waals surface area contributed by atoms with E-state index in [4.69, 9.17) is 5.11 Å². The summed E-state index contributed by atoms with van der Waals surface area (Å²) >= 11 is 0. The van der Waals surface area contributed by atoms with Crippen LogP contribution in [-0.2, 0) is 24.4 Å². The average molecular weight is 328 g/mol. The fraction of sp³-hybridized carbons (Fsp3) is 0.222. The van der Waals surface area contributed by atoms with E-state index >= 15 is 0 Å². The van der Waals surface area contributed by atoms with Gasteiger partial charge >= 0.3 is 0 Å². The Kier molecular flexibility index (Phi) is 4.57. The van der Waals surface area contributed by atoms with Crippen molar-refractivity contribution >= 4 is 17.5 Å². The number of benzene rings is 2. The zero-order valence-electron chi connectivity index (χ0n) is 12.9. The van der Waals surface area contributed by atoms with Crippen molar-refractivity contribution in [2.45, 2.75) is 26.0 Å². The Morgan fingerprint density at radius 3 is 2.83 bits per heavy atom. The van der Waals surface area contributed by atoms with Crippen molar-refractivity contribution in [3.8, 4) is 0 Å². The summed E-state index contributed by atoms with van der Waals surface area (Å²) < 4.78 is 13.3. The molecule has 0 atom stereocenters. The van der Waals surface area contributed by atoms with Gasteiger partial charge in [-0.1, -0.05) is 6.07 Å². The Balaban J connectivity index is 1.68. The third kappa shape index (κ3) is 3.44. The van der Waals surface area contributed by atoms with Crippen LogP contribution in [0.15, 0.2) is 36.4 Å². The van der Waals surface area contributed by atoms with E-state index in [0.29, 0.717) is 24.0 Å². The van der Waals surface area contributed by atoms with Gasteiger partial charge in [-0.25, -0.2) is 4.39 Å². The predicted molar refractivity (Wildman–Crippen MR) is 86.9 cm³/mol. The van der Waals surface area contributed by atoms with Gasteiger partial charge in [0, 0.05) is 29.8 Å². The fourth-order valence-electron chi connectivity index (χ4n) is 2.67. The van der Waals surface area contributed by atoms with Crippen molar-refractivity contribution in [1.29, 1.82) is 0 Å². The van der Waals surface area contributed by atoms with Gasteiger partial charge in [-0.15, -0.1) is 0 Å². The minimum Gasteiger partial charge on any atom is -0.392 e. The number of nitrogens with one attached hydrogen (secondary N) is 2. The number of halogens is 1. The van der Waals surface area contributed by atoms with Gasteiger partial charge in [-0.2, -0.15) is 0 Å².